The molecule has 1 aliphatic rings. The number of carbonyl (C=O) groups excluding carboxylic acids is 1. The van der Waals surface area contributed by atoms with Crippen LogP contribution in [0.2, 0.25) is 0 Å². The van der Waals surface area contributed by atoms with E-state index in [1.54, 1.807) is 18.3 Å². The monoisotopic (exact) mass is 375 g/mol. The average molecular weight is 375 g/mol. The highest BCUT2D eigenvalue weighted by atomic mass is 19.1. The first kappa shape index (κ1) is 19.4. The highest BCUT2D eigenvalue weighted by Gasteiger charge is 2.36. The molecule has 0 aliphatic carbocycles. The number of benzene rings is 1. The van der Waals surface area contributed by atoms with E-state index < -0.39 is 0 Å². The van der Waals surface area contributed by atoms with Crippen LogP contribution in [0.3, 0.4) is 0 Å². The second-order valence-corrected chi connectivity index (χ2v) is 7.21. The molecule has 0 bridgehead atoms. The minimum absolute atomic E-state index is 0.0647. The third kappa shape index (κ3) is 4.86. The van der Waals surface area contributed by atoms with Crippen molar-refractivity contribution in [1.82, 2.24) is 15.1 Å². The Kier molecular flexibility index (Phi) is 6.11. The zero-order valence-electron chi connectivity index (χ0n) is 15.9. The first-order valence-electron chi connectivity index (χ1n) is 9.28. The van der Waals surface area contributed by atoms with E-state index in [0.29, 0.717) is 18.8 Å². The van der Waals surface area contributed by atoms with Gasteiger partial charge in [-0.1, -0.05) is 6.07 Å². The van der Waals surface area contributed by atoms with Gasteiger partial charge in [0.2, 0.25) is 5.91 Å². The number of hydrogen-bond acceptors (Lipinski definition) is 4. The lowest BCUT2D eigenvalue weighted by Gasteiger charge is -2.20. The minimum Gasteiger partial charge on any atom is -0.491 e. The molecule has 1 N–H and O–H groups in total. The van der Waals surface area contributed by atoms with Crippen LogP contribution in [0.5, 0.6) is 5.75 Å². The van der Waals surface area contributed by atoms with Gasteiger partial charge in [-0.2, -0.15) is 5.10 Å². The summed E-state index contributed by atoms with van der Waals surface area (Å²) in [6, 6.07) is 6.01. The van der Waals surface area contributed by atoms with E-state index in [1.165, 1.54) is 12.1 Å². The fourth-order valence-corrected chi connectivity index (χ4v) is 3.14. The maximum atomic E-state index is 13.2. The van der Waals surface area contributed by atoms with Crippen LogP contribution in [-0.4, -0.2) is 34.9 Å². The summed E-state index contributed by atoms with van der Waals surface area (Å²) in [4.78, 5) is 12.7. The lowest BCUT2D eigenvalue weighted by Crippen LogP contribution is -2.41. The number of aromatic nitrogens is 2. The predicted molar refractivity (Wildman–Crippen MR) is 98.9 cm³/mol. The van der Waals surface area contributed by atoms with E-state index >= 15 is 0 Å². The molecule has 1 saturated heterocycles. The van der Waals surface area contributed by atoms with E-state index in [1.807, 2.05) is 17.8 Å². The topological polar surface area (TPSA) is 65.4 Å². The van der Waals surface area contributed by atoms with Crippen molar-refractivity contribution >= 4 is 5.91 Å². The molecule has 0 saturated carbocycles. The molecule has 6 nitrogen and oxygen atoms in total. The molecule has 0 spiro atoms. The minimum atomic E-state index is -0.350. The summed E-state index contributed by atoms with van der Waals surface area (Å²) in [6.07, 6.45) is 4.10. The Morgan fingerprint density at radius 3 is 2.96 bits per heavy atom. The van der Waals surface area contributed by atoms with Crippen LogP contribution in [0.25, 0.3) is 0 Å². The molecule has 3 rings (SSSR count). The number of carbonyl (C=O) groups is 1. The quantitative estimate of drug-likeness (QED) is 0.807. The SMILES string of the molecule is CC(C)n1cc([C@H]2OCC[C@@H]2C(=O)N[C@H](C)COc2cccc(F)c2)cn1. The molecule has 27 heavy (non-hydrogen) atoms. The molecule has 1 aliphatic heterocycles. The Hall–Kier alpha value is -2.41. The highest BCUT2D eigenvalue weighted by molar-refractivity contribution is 5.80. The summed E-state index contributed by atoms with van der Waals surface area (Å²) < 4.78 is 26.4. The zero-order valence-corrected chi connectivity index (χ0v) is 15.9. The van der Waals surface area contributed by atoms with Crippen LogP contribution in [0.15, 0.2) is 36.7 Å². The van der Waals surface area contributed by atoms with Gasteiger partial charge in [0.15, 0.2) is 0 Å². The zero-order chi connectivity index (χ0) is 19.4. The summed E-state index contributed by atoms with van der Waals surface area (Å²) in [6.45, 7) is 6.77. The summed E-state index contributed by atoms with van der Waals surface area (Å²) in [7, 11) is 0. The molecule has 3 atom stereocenters. The molecular formula is C20H26FN3O3. The molecule has 146 valence electrons. The van der Waals surface area contributed by atoms with Crippen LogP contribution in [0, 0.1) is 11.7 Å². The van der Waals surface area contributed by atoms with Gasteiger partial charge < -0.3 is 14.8 Å². The van der Waals surface area contributed by atoms with Crippen molar-refractivity contribution in [2.24, 2.45) is 5.92 Å². The van der Waals surface area contributed by atoms with Gasteiger partial charge in [-0.25, -0.2) is 4.39 Å². The van der Waals surface area contributed by atoms with Gasteiger partial charge >= 0.3 is 0 Å². The lowest BCUT2D eigenvalue weighted by molar-refractivity contribution is -0.127. The van der Waals surface area contributed by atoms with E-state index in [-0.39, 0.29) is 42.4 Å². The number of ether oxygens (including phenoxy) is 2. The Labute approximate surface area is 158 Å². The predicted octanol–water partition coefficient (Wildman–Crippen LogP) is 3.26. The van der Waals surface area contributed by atoms with Crippen molar-refractivity contribution in [2.45, 2.75) is 45.4 Å². The summed E-state index contributed by atoms with van der Waals surface area (Å²) in [5, 5.41) is 7.31. The van der Waals surface area contributed by atoms with Crippen LogP contribution < -0.4 is 10.1 Å². The van der Waals surface area contributed by atoms with Crippen molar-refractivity contribution in [1.29, 1.82) is 0 Å². The van der Waals surface area contributed by atoms with Gasteiger partial charge in [-0.05, 0) is 39.3 Å². The average Bonchev–Trinajstić information content (AvgIpc) is 3.29. The molecule has 1 fully saturated rings. The number of nitrogens with zero attached hydrogens (tertiary/aromatic N) is 2. The normalized spacial score (nSPS) is 20.6. The standard InChI is InChI=1S/C20H26FN3O3/c1-13(2)24-11-15(10-22-24)19-18(7-8-26-19)20(25)23-14(3)12-27-17-6-4-5-16(21)9-17/h4-6,9-11,13-14,18-19H,7-8,12H2,1-3H3,(H,23,25)/t14-,18+,19-/m1/s1. The van der Waals surface area contributed by atoms with Gasteiger partial charge in [0.25, 0.3) is 0 Å². The second-order valence-electron chi connectivity index (χ2n) is 7.21. The molecular weight excluding hydrogens is 349 g/mol. The van der Waals surface area contributed by atoms with Crippen molar-refractivity contribution in [2.75, 3.05) is 13.2 Å². The fraction of sp³-hybridized carbons (Fsp3) is 0.500. The molecule has 2 aromatic rings. The van der Waals surface area contributed by atoms with Crippen LogP contribution in [0.1, 0.15) is 44.9 Å². The third-order valence-electron chi connectivity index (χ3n) is 4.59. The molecule has 1 amide bonds. The van der Waals surface area contributed by atoms with Crippen LogP contribution >= 0.6 is 0 Å². The fourth-order valence-electron chi connectivity index (χ4n) is 3.14. The summed E-state index contributed by atoms with van der Waals surface area (Å²) >= 11 is 0. The van der Waals surface area contributed by atoms with Gasteiger partial charge in [-0.3, -0.25) is 9.48 Å². The van der Waals surface area contributed by atoms with Gasteiger partial charge in [0.1, 0.15) is 18.2 Å². The Morgan fingerprint density at radius 2 is 2.26 bits per heavy atom. The van der Waals surface area contributed by atoms with Crippen molar-refractivity contribution in [3.8, 4) is 5.75 Å². The van der Waals surface area contributed by atoms with E-state index in [2.05, 4.69) is 24.3 Å². The maximum absolute atomic E-state index is 13.2. The lowest BCUT2D eigenvalue weighted by atomic mass is 9.96. The molecule has 0 radical (unpaired) electrons. The molecule has 1 aromatic heterocycles. The maximum Gasteiger partial charge on any atom is 0.226 e. The Morgan fingerprint density at radius 1 is 1.44 bits per heavy atom. The number of halogens is 1. The van der Waals surface area contributed by atoms with E-state index in [0.717, 1.165) is 5.56 Å². The number of nitrogens with one attached hydrogen (secondary N) is 1. The number of hydrogen-bond donors (Lipinski definition) is 1. The third-order valence-corrected chi connectivity index (χ3v) is 4.59. The number of amides is 1. The number of rotatable bonds is 7. The van der Waals surface area contributed by atoms with Crippen molar-refractivity contribution in [3.63, 3.8) is 0 Å². The van der Waals surface area contributed by atoms with Crippen molar-refractivity contribution < 1.29 is 18.7 Å². The van der Waals surface area contributed by atoms with Crippen LogP contribution in [0.4, 0.5) is 4.39 Å². The van der Waals surface area contributed by atoms with E-state index in [9.17, 15) is 9.18 Å². The van der Waals surface area contributed by atoms with Gasteiger partial charge in [0, 0.05) is 30.5 Å². The van der Waals surface area contributed by atoms with Gasteiger partial charge in [-0.15, -0.1) is 0 Å². The van der Waals surface area contributed by atoms with Crippen molar-refractivity contribution in [3.05, 3.63) is 48.0 Å². The molecule has 0 unspecified atom stereocenters. The van der Waals surface area contributed by atoms with Gasteiger partial charge in [0.05, 0.1) is 24.3 Å². The first-order chi connectivity index (χ1) is 12.9. The molecule has 1 aromatic carbocycles. The largest absolute Gasteiger partial charge is 0.491 e. The Balaban J connectivity index is 1.55. The van der Waals surface area contributed by atoms with E-state index in [4.69, 9.17) is 9.47 Å². The summed E-state index contributed by atoms with van der Waals surface area (Å²) in [5.74, 6) is -0.229. The first-order valence-corrected chi connectivity index (χ1v) is 9.28. The summed E-state index contributed by atoms with van der Waals surface area (Å²) in [5.41, 5.74) is 0.921. The van der Waals surface area contributed by atoms with Crippen LogP contribution in [-0.2, 0) is 9.53 Å². The molecule has 7 heteroatoms. The Bertz CT molecular complexity index is 777. The smallest absolute Gasteiger partial charge is 0.226 e. The second kappa shape index (κ2) is 8.52. The molecule has 2 heterocycles. The highest BCUT2D eigenvalue weighted by Crippen LogP contribution is 2.34.